The average molecular weight is 464 g/mol. The van der Waals surface area contributed by atoms with E-state index >= 15 is 0 Å². The number of aliphatic hydroxyl groups is 1. The van der Waals surface area contributed by atoms with Gasteiger partial charge in [-0.3, -0.25) is 14.5 Å². The first kappa shape index (κ1) is 22.7. The van der Waals surface area contributed by atoms with Gasteiger partial charge in [0, 0.05) is 17.5 Å². The van der Waals surface area contributed by atoms with E-state index < -0.39 is 5.60 Å². The molecule has 5 nitrogen and oxygen atoms in total. The third kappa shape index (κ3) is 3.25. The molecule has 0 bridgehead atoms. The van der Waals surface area contributed by atoms with Crippen molar-refractivity contribution in [3.63, 3.8) is 0 Å². The minimum atomic E-state index is -0.489. The molecular weight excluding hydrogens is 422 g/mol. The van der Waals surface area contributed by atoms with Gasteiger partial charge in [-0.1, -0.05) is 20.8 Å². The number of hydrogen-bond donors (Lipinski definition) is 1. The Hall–Kier alpha value is -1.75. The highest BCUT2D eigenvalue weighted by molar-refractivity contribution is 5.84. The van der Waals surface area contributed by atoms with Crippen molar-refractivity contribution in [3.8, 4) is 0 Å². The van der Waals surface area contributed by atoms with E-state index in [1.54, 1.807) is 6.20 Å². The minimum Gasteiger partial charge on any atom is -0.390 e. The molecule has 0 spiro atoms. The standard InChI is InChI=1S/C29H41N3O2/c1-18-13-20-14-27(2,34)10-11-28(20,3)23-7-9-29(4)21(5-6-22(29)26(18)23)25(33)17-32-24-16-30-12-8-19(24)15-31-32/h8,12,15-16,18,20-23,26,34H,5-7,9-11,13-14,17H2,1-4H3/t18-,20+,21-,22+,23+,26+,27-,28+,29-/m1/s1. The summed E-state index contributed by atoms with van der Waals surface area (Å²) in [6.07, 6.45) is 14.4. The molecule has 4 saturated carbocycles. The minimum absolute atomic E-state index is 0.108. The quantitative estimate of drug-likeness (QED) is 0.638. The number of fused-ring (bicyclic) bond motifs is 6. The van der Waals surface area contributed by atoms with Crippen molar-refractivity contribution >= 4 is 16.7 Å². The maximum absolute atomic E-state index is 13.7. The van der Waals surface area contributed by atoms with Crippen LogP contribution in [0.1, 0.15) is 79.1 Å². The van der Waals surface area contributed by atoms with Crippen LogP contribution in [0.2, 0.25) is 0 Å². The van der Waals surface area contributed by atoms with Crippen molar-refractivity contribution in [1.82, 2.24) is 14.8 Å². The summed E-state index contributed by atoms with van der Waals surface area (Å²) < 4.78 is 1.86. The molecule has 0 unspecified atom stereocenters. The van der Waals surface area contributed by atoms with Gasteiger partial charge in [0.05, 0.1) is 23.5 Å². The summed E-state index contributed by atoms with van der Waals surface area (Å²) in [5.41, 5.74) is 0.921. The normalized spacial score (nSPS) is 46.0. The van der Waals surface area contributed by atoms with Crippen molar-refractivity contribution < 1.29 is 9.90 Å². The van der Waals surface area contributed by atoms with E-state index in [4.69, 9.17) is 0 Å². The third-order valence-electron chi connectivity index (χ3n) is 11.5. The van der Waals surface area contributed by atoms with E-state index in [0.717, 1.165) is 48.4 Å². The predicted molar refractivity (Wildman–Crippen MR) is 133 cm³/mol. The Labute approximate surface area is 203 Å². The summed E-state index contributed by atoms with van der Waals surface area (Å²) in [5.74, 6) is 3.92. The lowest BCUT2D eigenvalue weighted by atomic mass is 9.42. The number of aromatic nitrogens is 3. The topological polar surface area (TPSA) is 68.0 Å². The zero-order valence-corrected chi connectivity index (χ0v) is 21.3. The molecule has 2 aromatic heterocycles. The maximum Gasteiger partial charge on any atom is 0.157 e. The highest BCUT2D eigenvalue weighted by Crippen LogP contribution is 2.69. The van der Waals surface area contributed by atoms with Gasteiger partial charge in [-0.25, -0.2) is 0 Å². The molecule has 4 aliphatic carbocycles. The summed E-state index contributed by atoms with van der Waals surface area (Å²) in [6, 6.07) is 1.96. The number of carbonyl (C=O) groups excluding carboxylic acids is 1. The first-order chi connectivity index (χ1) is 16.1. The van der Waals surface area contributed by atoms with Gasteiger partial charge >= 0.3 is 0 Å². The largest absolute Gasteiger partial charge is 0.390 e. The second-order valence-corrected chi connectivity index (χ2v) is 13.3. The summed E-state index contributed by atoms with van der Waals surface area (Å²) >= 11 is 0. The van der Waals surface area contributed by atoms with Crippen LogP contribution in [0.15, 0.2) is 24.7 Å². The van der Waals surface area contributed by atoms with Crippen molar-refractivity contribution in [3.05, 3.63) is 24.7 Å². The molecule has 0 amide bonds. The Balaban J connectivity index is 1.25. The fourth-order valence-corrected chi connectivity index (χ4v) is 9.64. The van der Waals surface area contributed by atoms with Gasteiger partial charge in [0.15, 0.2) is 5.78 Å². The predicted octanol–water partition coefficient (Wildman–Crippen LogP) is 5.66. The van der Waals surface area contributed by atoms with Crippen LogP contribution in [0.25, 0.3) is 10.9 Å². The number of Topliss-reactive ketones (excluding diaryl/α,β-unsaturated/α-hetero) is 1. The Morgan fingerprint density at radius 3 is 2.71 bits per heavy atom. The van der Waals surface area contributed by atoms with Gasteiger partial charge in [0.2, 0.25) is 0 Å². The number of ketones is 1. The number of pyridine rings is 1. The average Bonchev–Trinajstić information content (AvgIpc) is 3.35. The Bertz CT molecular complexity index is 1110. The van der Waals surface area contributed by atoms with E-state index in [1.165, 1.54) is 25.7 Å². The Morgan fingerprint density at radius 2 is 1.88 bits per heavy atom. The first-order valence-corrected chi connectivity index (χ1v) is 13.6. The molecule has 1 N–H and O–H groups in total. The van der Waals surface area contributed by atoms with Crippen LogP contribution in [-0.2, 0) is 11.3 Å². The first-order valence-electron chi connectivity index (χ1n) is 13.6. The summed E-state index contributed by atoms with van der Waals surface area (Å²) in [6.45, 7) is 9.88. The number of hydrogen-bond acceptors (Lipinski definition) is 4. The van der Waals surface area contributed by atoms with Crippen LogP contribution in [0.3, 0.4) is 0 Å². The lowest BCUT2D eigenvalue weighted by Gasteiger charge is -2.63. The monoisotopic (exact) mass is 463 g/mol. The van der Waals surface area contributed by atoms with E-state index in [2.05, 4.69) is 30.9 Å². The Kier molecular flexibility index (Phi) is 5.09. The van der Waals surface area contributed by atoms with Gasteiger partial charge in [-0.05, 0) is 105 Å². The van der Waals surface area contributed by atoms with E-state index in [1.807, 2.05) is 30.1 Å². The molecule has 2 heterocycles. The molecule has 0 aliphatic heterocycles. The van der Waals surface area contributed by atoms with E-state index in [-0.39, 0.29) is 11.3 Å². The molecule has 4 aliphatic rings. The van der Waals surface area contributed by atoms with Crippen molar-refractivity contribution in [2.75, 3.05) is 0 Å². The second-order valence-electron chi connectivity index (χ2n) is 13.3. The van der Waals surface area contributed by atoms with Crippen molar-refractivity contribution in [1.29, 1.82) is 0 Å². The van der Waals surface area contributed by atoms with Crippen LogP contribution in [0.5, 0.6) is 0 Å². The molecular formula is C29H41N3O2. The molecule has 0 aromatic carbocycles. The van der Waals surface area contributed by atoms with Crippen LogP contribution >= 0.6 is 0 Å². The van der Waals surface area contributed by atoms with Gasteiger partial charge in [0.25, 0.3) is 0 Å². The van der Waals surface area contributed by atoms with Gasteiger partial charge in [-0.2, -0.15) is 5.10 Å². The second kappa shape index (κ2) is 7.62. The van der Waals surface area contributed by atoms with Gasteiger partial charge in [0.1, 0.15) is 6.54 Å². The van der Waals surface area contributed by atoms with E-state index in [9.17, 15) is 9.90 Å². The summed E-state index contributed by atoms with van der Waals surface area (Å²) in [7, 11) is 0. The Morgan fingerprint density at radius 1 is 1.09 bits per heavy atom. The molecule has 9 atom stereocenters. The van der Waals surface area contributed by atoms with Crippen LogP contribution < -0.4 is 0 Å². The smallest absolute Gasteiger partial charge is 0.157 e. The molecule has 6 rings (SSSR count). The number of carbonyl (C=O) groups is 1. The van der Waals surface area contributed by atoms with E-state index in [0.29, 0.717) is 35.5 Å². The highest BCUT2D eigenvalue weighted by atomic mass is 16.3. The molecule has 0 radical (unpaired) electrons. The lowest BCUT2D eigenvalue weighted by Crippen LogP contribution is -2.58. The zero-order chi connectivity index (χ0) is 23.9. The fraction of sp³-hybridized carbons (Fsp3) is 0.759. The van der Waals surface area contributed by atoms with Crippen LogP contribution in [0, 0.1) is 46.3 Å². The van der Waals surface area contributed by atoms with Crippen LogP contribution in [0.4, 0.5) is 0 Å². The molecule has 0 saturated heterocycles. The van der Waals surface area contributed by atoms with Gasteiger partial charge < -0.3 is 5.11 Å². The summed E-state index contributed by atoms with van der Waals surface area (Å²) in [4.78, 5) is 18.0. The molecule has 4 fully saturated rings. The molecule has 2 aromatic rings. The molecule has 5 heteroatoms. The summed E-state index contributed by atoms with van der Waals surface area (Å²) in [5, 5.41) is 16.4. The van der Waals surface area contributed by atoms with Crippen LogP contribution in [-0.4, -0.2) is 31.3 Å². The third-order valence-corrected chi connectivity index (χ3v) is 11.5. The highest BCUT2D eigenvalue weighted by Gasteiger charge is 2.63. The van der Waals surface area contributed by atoms with Gasteiger partial charge in [-0.15, -0.1) is 0 Å². The molecule has 34 heavy (non-hydrogen) atoms. The lowest BCUT2D eigenvalue weighted by molar-refractivity contribution is -0.166. The number of nitrogens with zero attached hydrogens (tertiary/aromatic N) is 3. The van der Waals surface area contributed by atoms with Crippen molar-refractivity contribution in [2.24, 2.45) is 46.3 Å². The number of rotatable bonds is 3. The SMILES string of the molecule is C[C@@H]1C[C@H]2C[C@](C)(O)CC[C@]2(C)[C@H]2CC[C@]3(C)[C@@H](C(=O)Cn4ncc5ccncc54)CC[C@H]3[C@H]12. The fourth-order valence-electron chi connectivity index (χ4n) is 9.64. The zero-order valence-electron chi connectivity index (χ0n) is 21.3. The molecule has 184 valence electrons. The maximum atomic E-state index is 13.7. The van der Waals surface area contributed by atoms with Crippen molar-refractivity contribution in [2.45, 2.75) is 91.2 Å².